The molecule has 4 nitrogen and oxygen atoms in total. The van der Waals surface area contributed by atoms with Crippen LogP contribution in [0.15, 0.2) is 72.9 Å². The van der Waals surface area contributed by atoms with Gasteiger partial charge in [0, 0.05) is 32.0 Å². The van der Waals surface area contributed by atoms with Gasteiger partial charge in [0.1, 0.15) is 11.5 Å². The largest absolute Gasteiger partial charge is 0.381 e. The van der Waals surface area contributed by atoms with Crippen molar-refractivity contribution in [1.29, 1.82) is 0 Å². The molecule has 2 aromatic carbocycles. The van der Waals surface area contributed by atoms with Crippen LogP contribution in [0, 0.1) is 5.82 Å². The maximum atomic E-state index is 13.0. The number of nitrogens with zero attached hydrogens (tertiary/aromatic N) is 2. The summed E-state index contributed by atoms with van der Waals surface area (Å²) in [6.07, 6.45) is 1.61. The van der Waals surface area contributed by atoms with Crippen molar-refractivity contribution in [3.8, 4) is 0 Å². The first kappa shape index (κ1) is 17.6. The molecule has 0 aliphatic carbocycles. The fraction of sp³-hybridized carbons (Fsp3) is 0.143. The zero-order chi connectivity index (χ0) is 18.4. The summed E-state index contributed by atoms with van der Waals surface area (Å²) < 4.78 is 13.0. The van der Waals surface area contributed by atoms with Crippen LogP contribution >= 0.6 is 0 Å². The number of carbonyl (C=O) groups is 1. The Bertz CT molecular complexity index is 866. The van der Waals surface area contributed by atoms with Gasteiger partial charge in [-0.05, 0) is 35.4 Å². The summed E-state index contributed by atoms with van der Waals surface area (Å²) in [5.41, 5.74) is 3.19. The number of hydrogen-bond donors (Lipinski definition) is 1. The molecule has 0 saturated heterocycles. The third-order valence-corrected chi connectivity index (χ3v) is 4.00. The van der Waals surface area contributed by atoms with E-state index in [2.05, 4.69) is 10.3 Å². The highest BCUT2D eigenvalue weighted by Crippen LogP contribution is 2.13. The smallest absolute Gasteiger partial charge is 0.272 e. The third-order valence-electron chi connectivity index (χ3n) is 4.00. The number of amides is 1. The zero-order valence-corrected chi connectivity index (χ0v) is 14.5. The number of benzene rings is 2. The maximum absolute atomic E-state index is 13.0. The van der Waals surface area contributed by atoms with E-state index in [1.165, 1.54) is 12.1 Å². The van der Waals surface area contributed by atoms with Crippen LogP contribution in [-0.2, 0) is 13.1 Å². The van der Waals surface area contributed by atoms with E-state index in [9.17, 15) is 9.18 Å². The van der Waals surface area contributed by atoms with Gasteiger partial charge < -0.3 is 10.2 Å². The van der Waals surface area contributed by atoms with Gasteiger partial charge in [0.05, 0.1) is 0 Å². The lowest BCUT2D eigenvalue weighted by Gasteiger charge is -2.17. The van der Waals surface area contributed by atoms with Crippen LogP contribution in [0.2, 0.25) is 0 Å². The molecule has 0 saturated carbocycles. The first-order valence-corrected chi connectivity index (χ1v) is 8.35. The van der Waals surface area contributed by atoms with Gasteiger partial charge in [0.15, 0.2) is 0 Å². The van der Waals surface area contributed by atoms with Gasteiger partial charge in [-0.2, -0.15) is 0 Å². The van der Waals surface area contributed by atoms with Crippen LogP contribution in [0.3, 0.4) is 0 Å². The molecule has 0 aliphatic heterocycles. The fourth-order valence-electron chi connectivity index (χ4n) is 2.59. The summed E-state index contributed by atoms with van der Waals surface area (Å²) in [6, 6.07) is 19.7. The van der Waals surface area contributed by atoms with Crippen molar-refractivity contribution in [2.45, 2.75) is 13.1 Å². The minimum Gasteiger partial charge on any atom is -0.381 e. The van der Waals surface area contributed by atoms with Crippen LogP contribution in [0.5, 0.6) is 0 Å². The second-order valence-corrected chi connectivity index (χ2v) is 6.06. The molecule has 3 aromatic rings. The molecule has 0 bridgehead atoms. The number of pyridine rings is 1. The molecule has 132 valence electrons. The van der Waals surface area contributed by atoms with Crippen molar-refractivity contribution in [3.63, 3.8) is 0 Å². The summed E-state index contributed by atoms with van der Waals surface area (Å²) >= 11 is 0. The first-order chi connectivity index (χ1) is 12.6. The number of aromatic nitrogens is 1. The van der Waals surface area contributed by atoms with Gasteiger partial charge in [-0.25, -0.2) is 4.39 Å². The summed E-state index contributed by atoms with van der Waals surface area (Å²) in [7, 11) is 1.76. The zero-order valence-electron chi connectivity index (χ0n) is 14.5. The molecule has 0 fully saturated rings. The molecule has 5 heteroatoms. The minimum absolute atomic E-state index is 0.140. The molecule has 1 N–H and O–H groups in total. The van der Waals surface area contributed by atoms with Gasteiger partial charge in [-0.3, -0.25) is 9.78 Å². The Balaban J connectivity index is 1.64. The first-order valence-electron chi connectivity index (χ1n) is 8.35. The fourth-order valence-corrected chi connectivity index (χ4v) is 2.59. The average molecular weight is 349 g/mol. The Hall–Kier alpha value is -3.21. The quantitative estimate of drug-likeness (QED) is 0.728. The Morgan fingerprint density at radius 2 is 1.77 bits per heavy atom. The van der Waals surface area contributed by atoms with Crippen LogP contribution in [0.1, 0.15) is 21.6 Å². The van der Waals surface area contributed by atoms with E-state index in [0.717, 1.165) is 16.8 Å². The van der Waals surface area contributed by atoms with E-state index >= 15 is 0 Å². The minimum atomic E-state index is -0.257. The number of carbonyl (C=O) groups excluding carboxylic acids is 1. The van der Waals surface area contributed by atoms with Crippen molar-refractivity contribution in [3.05, 3.63) is 95.6 Å². The molecule has 1 aromatic heterocycles. The summed E-state index contributed by atoms with van der Waals surface area (Å²) in [5.74, 6) is -0.397. The van der Waals surface area contributed by atoms with Crippen molar-refractivity contribution in [2.24, 2.45) is 0 Å². The highest BCUT2D eigenvalue weighted by molar-refractivity contribution is 5.92. The Labute approximate surface area is 152 Å². The Morgan fingerprint density at radius 1 is 1.04 bits per heavy atom. The molecule has 3 rings (SSSR count). The summed E-state index contributed by atoms with van der Waals surface area (Å²) in [4.78, 5) is 18.4. The average Bonchev–Trinajstić information content (AvgIpc) is 2.68. The molecule has 0 spiro atoms. The van der Waals surface area contributed by atoms with Gasteiger partial charge in [0.25, 0.3) is 5.91 Å². The molecular formula is C21H20FN3O. The molecule has 26 heavy (non-hydrogen) atoms. The monoisotopic (exact) mass is 349 g/mol. The Morgan fingerprint density at radius 3 is 2.50 bits per heavy atom. The van der Waals surface area contributed by atoms with E-state index in [-0.39, 0.29) is 11.7 Å². The number of rotatable bonds is 6. The van der Waals surface area contributed by atoms with Crippen LogP contribution < -0.4 is 5.32 Å². The van der Waals surface area contributed by atoms with Crippen molar-refractivity contribution < 1.29 is 9.18 Å². The second-order valence-electron chi connectivity index (χ2n) is 6.06. The van der Waals surface area contributed by atoms with Crippen molar-refractivity contribution >= 4 is 11.6 Å². The molecular weight excluding hydrogens is 329 g/mol. The van der Waals surface area contributed by atoms with E-state index in [4.69, 9.17) is 0 Å². The van der Waals surface area contributed by atoms with Crippen molar-refractivity contribution in [2.75, 3.05) is 12.4 Å². The molecule has 1 heterocycles. The van der Waals surface area contributed by atoms with Gasteiger partial charge in [-0.15, -0.1) is 0 Å². The lowest BCUT2D eigenvalue weighted by Crippen LogP contribution is -2.27. The number of hydrogen-bond acceptors (Lipinski definition) is 3. The summed E-state index contributed by atoms with van der Waals surface area (Å²) in [5, 5.41) is 3.23. The normalized spacial score (nSPS) is 10.4. The lowest BCUT2D eigenvalue weighted by molar-refractivity contribution is 0.0779. The number of halogens is 1. The molecule has 0 unspecified atom stereocenters. The van der Waals surface area contributed by atoms with Crippen LogP contribution in [0.4, 0.5) is 10.1 Å². The van der Waals surface area contributed by atoms with Gasteiger partial charge >= 0.3 is 0 Å². The highest BCUT2D eigenvalue weighted by Gasteiger charge is 2.14. The summed E-state index contributed by atoms with van der Waals surface area (Å²) in [6.45, 7) is 1.06. The second kappa shape index (κ2) is 8.25. The maximum Gasteiger partial charge on any atom is 0.272 e. The standard InChI is InChI=1S/C21H20FN3O/c1-25(15-17-5-3-2-4-6-17)21(26)20-13-19(11-12-23-20)24-14-16-7-9-18(22)10-8-16/h2-13H,14-15H2,1H3,(H,23,24). The van der Waals surface area contributed by atoms with E-state index in [0.29, 0.717) is 18.8 Å². The van der Waals surface area contributed by atoms with E-state index in [1.807, 2.05) is 30.3 Å². The Kier molecular flexibility index (Phi) is 5.59. The van der Waals surface area contributed by atoms with Crippen LogP contribution in [-0.4, -0.2) is 22.8 Å². The van der Waals surface area contributed by atoms with Crippen molar-refractivity contribution in [1.82, 2.24) is 9.88 Å². The number of nitrogens with one attached hydrogen (secondary N) is 1. The molecule has 0 aliphatic rings. The van der Waals surface area contributed by atoms with Gasteiger partial charge in [0.2, 0.25) is 0 Å². The third kappa shape index (κ3) is 4.66. The molecule has 0 radical (unpaired) electrons. The lowest BCUT2D eigenvalue weighted by atomic mass is 10.2. The molecule has 1 amide bonds. The van der Waals surface area contributed by atoms with Gasteiger partial charge in [-0.1, -0.05) is 42.5 Å². The number of anilines is 1. The van der Waals surface area contributed by atoms with Crippen LogP contribution in [0.25, 0.3) is 0 Å². The SMILES string of the molecule is CN(Cc1ccccc1)C(=O)c1cc(NCc2ccc(F)cc2)ccn1. The topological polar surface area (TPSA) is 45.2 Å². The predicted molar refractivity (Wildman–Crippen MR) is 100 cm³/mol. The van der Waals surface area contributed by atoms with E-state index in [1.54, 1.807) is 42.4 Å². The molecule has 0 atom stereocenters. The van der Waals surface area contributed by atoms with E-state index < -0.39 is 0 Å². The predicted octanol–water partition coefficient (Wildman–Crippen LogP) is 4.11. The highest BCUT2D eigenvalue weighted by atomic mass is 19.1.